The molecule has 0 saturated heterocycles. The van der Waals surface area contributed by atoms with E-state index in [1.807, 2.05) is 18.2 Å². The van der Waals surface area contributed by atoms with Crippen molar-refractivity contribution >= 4 is 11.9 Å². The second kappa shape index (κ2) is 7.62. The van der Waals surface area contributed by atoms with Crippen molar-refractivity contribution in [3.8, 4) is 0 Å². The van der Waals surface area contributed by atoms with Gasteiger partial charge in [0.05, 0.1) is 5.92 Å². The Morgan fingerprint density at radius 2 is 1.78 bits per heavy atom. The third-order valence-electron chi connectivity index (χ3n) is 4.63. The van der Waals surface area contributed by atoms with E-state index < -0.39 is 11.9 Å². The van der Waals surface area contributed by atoms with Gasteiger partial charge in [0.15, 0.2) is 0 Å². The van der Waals surface area contributed by atoms with Gasteiger partial charge in [-0.2, -0.15) is 0 Å². The normalized spacial score (nSPS) is 16.9. The second-order valence-corrected chi connectivity index (χ2v) is 6.98. The average molecular weight is 317 g/mol. The number of rotatable bonds is 8. The van der Waals surface area contributed by atoms with Crippen LogP contribution in [0.1, 0.15) is 51.5 Å². The fourth-order valence-corrected chi connectivity index (χ4v) is 2.96. The third-order valence-corrected chi connectivity index (χ3v) is 4.63. The smallest absolute Gasteiger partial charge is 0.308 e. The minimum absolute atomic E-state index is 0.0863. The number of nitrogens with zero attached hydrogens (tertiary/aromatic N) is 1. The Balaban J connectivity index is 2.08. The highest BCUT2D eigenvalue weighted by Crippen LogP contribution is 2.32. The van der Waals surface area contributed by atoms with E-state index in [2.05, 4.69) is 26.0 Å². The van der Waals surface area contributed by atoms with Crippen molar-refractivity contribution in [2.24, 2.45) is 11.8 Å². The molecule has 0 heterocycles. The summed E-state index contributed by atoms with van der Waals surface area (Å²) < 4.78 is 0. The first kappa shape index (κ1) is 17.5. The largest absolute Gasteiger partial charge is 0.481 e. The fourth-order valence-electron chi connectivity index (χ4n) is 2.96. The van der Waals surface area contributed by atoms with Crippen LogP contribution in [0.4, 0.5) is 0 Å². The first-order valence-electron chi connectivity index (χ1n) is 8.47. The molecule has 1 aliphatic carbocycles. The lowest BCUT2D eigenvalue weighted by Gasteiger charge is -2.28. The van der Waals surface area contributed by atoms with Crippen molar-refractivity contribution in [3.63, 3.8) is 0 Å². The molecule has 1 aliphatic rings. The topological polar surface area (TPSA) is 57.6 Å². The quantitative estimate of drug-likeness (QED) is 0.798. The summed E-state index contributed by atoms with van der Waals surface area (Å²) >= 11 is 0. The Kier molecular flexibility index (Phi) is 5.80. The highest BCUT2D eigenvalue weighted by Gasteiger charge is 2.35. The molecule has 0 aliphatic heterocycles. The monoisotopic (exact) mass is 317 g/mol. The first-order valence-corrected chi connectivity index (χ1v) is 8.47. The summed E-state index contributed by atoms with van der Waals surface area (Å²) in [5, 5.41) is 9.13. The van der Waals surface area contributed by atoms with E-state index in [0.29, 0.717) is 18.9 Å². The van der Waals surface area contributed by atoms with Crippen LogP contribution in [-0.2, 0) is 9.59 Å². The Hall–Kier alpha value is -1.84. The van der Waals surface area contributed by atoms with Crippen molar-refractivity contribution < 1.29 is 14.7 Å². The summed E-state index contributed by atoms with van der Waals surface area (Å²) in [6.07, 6.45) is 2.44. The number of carboxylic acids is 1. The van der Waals surface area contributed by atoms with E-state index in [1.54, 1.807) is 11.8 Å². The number of benzene rings is 1. The molecule has 1 fully saturated rings. The van der Waals surface area contributed by atoms with E-state index in [9.17, 15) is 9.59 Å². The molecular formula is C19H27NO3. The maximum absolute atomic E-state index is 12.8. The zero-order valence-electron chi connectivity index (χ0n) is 14.2. The highest BCUT2D eigenvalue weighted by atomic mass is 16.4. The maximum atomic E-state index is 12.8. The maximum Gasteiger partial charge on any atom is 0.308 e. The number of aliphatic carboxylic acids is 1. The number of carbonyl (C=O) groups excluding carboxylic acids is 1. The SMILES string of the molecule is CC(CN(C(=O)CC(c1ccccc1)C(C)C)C1CC1)C(=O)O. The zero-order valence-corrected chi connectivity index (χ0v) is 14.2. The lowest BCUT2D eigenvalue weighted by Crippen LogP contribution is -2.39. The Labute approximate surface area is 138 Å². The van der Waals surface area contributed by atoms with Crippen LogP contribution in [-0.4, -0.2) is 34.5 Å². The fraction of sp³-hybridized carbons (Fsp3) is 0.579. The van der Waals surface area contributed by atoms with Crippen LogP contribution in [0.3, 0.4) is 0 Å². The van der Waals surface area contributed by atoms with Crippen LogP contribution >= 0.6 is 0 Å². The molecule has 4 nitrogen and oxygen atoms in total. The van der Waals surface area contributed by atoms with Crippen molar-refractivity contribution in [2.45, 2.75) is 52.0 Å². The molecule has 0 spiro atoms. The number of carbonyl (C=O) groups is 2. The lowest BCUT2D eigenvalue weighted by atomic mass is 9.85. The Bertz CT molecular complexity index is 537. The van der Waals surface area contributed by atoms with Gasteiger partial charge in [-0.05, 0) is 30.2 Å². The molecule has 23 heavy (non-hydrogen) atoms. The van der Waals surface area contributed by atoms with Gasteiger partial charge in [0.2, 0.25) is 5.91 Å². The van der Waals surface area contributed by atoms with E-state index in [1.165, 1.54) is 5.56 Å². The summed E-state index contributed by atoms with van der Waals surface area (Å²) in [4.78, 5) is 25.7. The Morgan fingerprint density at radius 3 is 2.26 bits per heavy atom. The van der Waals surface area contributed by atoms with Gasteiger partial charge in [-0.1, -0.05) is 51.1 Å². The Morgan fingerprint density at radius 1 is 1.17 bits per heavy atom. The summed E-state index contributed by atoms with van der Waals surface area (Å²) in [7, 11) is 0. The van der Waals surface area contributed by atoms with Crippen molar-refractivity contribution in [2.75, 3.05) is 6.54 Å². The molecule has 0 radical (unpaired) electrons. The van der Waals surface area contributed by atoms with Gasteiger partial charge in [-0.3, -0.25) is 9.59 Å². The molecule has 1 aromatic rings. The van der Waals surface area contributed by atoms with E-state index in [4.69, 9.17) is 5.11 Å². The zero-order chi connectivity index (χ0) is 17.0. The predicted molar refractivity (Wildman–Crippen MR) is 90.2 cm³/mol. The van der Waals surface area contributed by atoms with Crippen molar-refractivity contribution in [3.05, 3.63) is 35.9 Å². The number of hydrogen-bond donors (Lipinski definition) is 1. The average Bonchev–Trinajstić information content (AvgIpc) is 3.34. The van der Waals surface area contributed by atoms with Crippen LogP contribution in [0.15, 0.2) is 30.3 Å². The lowest BCUT2D eigenvalue weighted by molar-refractivity contribution is -0.143. The molecule has 2 atom stereocenters. The third kappa shape index (κ3) is 4.81. The van der Waals surface area contributed by atoms with E-state index in [0.717, 1.165) is 12.8 Å². The second-order valence-electron chi connectivity index (χ2n) is 6.98. The first-order chi connectivity index (χ1) is 10.9. The summed E-state index contributed by atoms with van der Waals surface area (Å²) in [6.45, 7) is 6.25. The van der Waals surface area contributed by atoms with Gasteiger partial charge in [0.1, 0.15) is 0 Å². The van der Waals surface area contributed by atoms with Crippen LogP contribution < -0.4 is 0 Å². The molecular weight excluding hydrogens is 290 g/mol. The van der Waals surface area contributed by atoms with Gasteiger partial charge in [-0.25, -0.2) is 0 Å². The molecule has 2 rings (SSSR count). The summed E-state index contributed by atoms with van der Waals surface area (Å²) in [5.41, 5.74) is 1.18. The number of hydrogen-bond acceptors (Lipinski definition) is 2. The molecule has 0 bridgehead atoms. The number of amides is 1. The van der Waals surface area contributed by atoms with Gasteiger partial charge < -0.3 is 10.0 Å². The molecule has 0 aromatic heterocycles. The summed E-state index contributed by atoms with van der Waals surface area (Å²) in [5.74, 6) is -0.742. The standard InChI is InChI=1S/C19H27NO3/c1-13(2)17(15-7-5-4-6-8-15)11-18(21)20(16-9-10-16)12-14(3)19(22)23/h4-8,13-14,16-17H,9-12H2,1-3H3,(H,22,23). The van der Waals surface area contributed by atoms with Crippen molar-refractivity contribution in [1.82, 2.24) is 4.90 Å². The minimum Gasteiger partial charge on any atom is -0.481 e. The van der Waals surface area contributed by atoms with E-state index >= 15 is 0 Å². The van der Waals surface area contributed by atoms with Gasteiger partial charge in [0, 0.05) is 19.0 Å². The van der Waals surface area contributed by atoms with Gasteiger partial charge in [0.25, 0.3) is 0 Å². The van der Waals surface area contributed by atoms with Crippen LogP contribution in [0.2, 0.25) is 0 Å². The van der Waals surface area contributed by atoms with Crippen LogP contribution in [0.5, 0.6) is 0 Å². The van der Waals surface area contributed by atoms with Crippen molar-refractivity contribution in [1.29, 1.82) is 0 Å². The molecule has 1 saturated carbocycles. The van der Waals surface area contributed by atoms with Gasteiger partial charge >= 0.3 is 5.97 Å². The number of carboxylic acid groups (broad SMARTS) is 1. The van der Waals surface area contributed by atoms with Crippen LogP contribution in [0.25, 0.3) is 0 Å². The van der Waals surface area contributed by atoms with Gasteiger partial charge in [-0.15, -0.1) is 0 Å². The van der Waals surface area contributed by atoms with E-state index in [-0.39, 0.29) is 17.9 Å². The molecule has 4 heteroatoms. The molecule has 126 valence electrons. The molecule has 1 aromatic carbocycles. The minimum atomic E-state index is -0.841. The highest BCUT2D eigenvalue weighted by molar-refractivity contribution is 5.79. The predicted octanol–water partition coefficient (Wildman–Crippen LogP) is 3.53. The molecule has 1 N–H and O–H groups in total. The molecule has 2 unspecified atom stereocenters. The van der Waals surface area contributed by atoms with Crippen LogP contribution in [0, 0.1) is 11.8 Å². The molecule has 1 amide bonds. The summed E-state index contributed by atoms with van der Waals surface area (Å²) in [6, 6.07) is 10.4.